The second kappa shape index (κ2) is 5.70. The van der Waals surface area contributed by atoms with Crippen molar-refractivity contribution in [2.75, 3.05) is 6.54 Å². The monoisotopic (exact) mass is 349 g/mol. The van der Waals surface area contributed by atoms with Crippen molar-refractivity contribution in [3.63, 3.8) is 0 Å². The summed E-state index contributed by atoms with van der Waals surface area (Å²) in [4.78, 5) is 0.325. The van der Waals surface area contributed by atoms with E-state index < -0.39 is 10.0 Å². The fraction of sp³-hybridized carbons (Fsp3) is 0.625. The van der Waals surface area contributed by atoms with E-state index in [9.17, 15) is 8.42 Å². The maximum atomic E-state index is 13.1. The van der Waals surface area contributed by atoms with E-state index >= 15 is 0 Å². The Hall–Kier alpha value is -1.67. The van der Waals surface area contributed by atoms with Crippen LogP contribution in [-0.2, 0) is 42.5 Å². The molecule has 2 aliphatic rings. The van der Waals surface area contributed by atoms with Crippen LogP contribution in [0.15, 0.2) is 11.1 Å². The number of aryl methyl sites for hydroxylation is 2. The highest BCUT2D eigenvalue weighted by Gasteiger charge is 2.34. The van der Waals surface area contributed by atoms with Gasteiger partial charge >= 0.3 is 0 Å². The minimum absolute atomic E-state index is 0.325. The van der Waals surface area contributed by atoms with Gasteiger partial charge in [0.25, 0.3) is 0 Å². The molecule has 0 spiro atoms. The van der Waals surface area contributed by atoms with Crippen LogP contribution in [0.2, 0.25) is 0 Å². The van der Waals surface area contributed by atoms with E-state index in [0.717, 1.165) is 18.5 Å². The number of nitrogens with zero attached hydrogens (tertiary/aromatic N) is 5. The van der Waals surface area contributed by atoms with E-state index in [1.54, 1.807) is 8.99 Å². The van der Waals surface area contributed by atoms with Gasteiger partial charge in [-0.2, -0.15) is 14.5 Å². The van der Waals surface area contributed by atoms with Crippen molar-refractivity contribution in [3.05, 3.63) is 28.8 Å². The molecule has 0 fully saturated rings. The van der Waals surface area contributed by atoms with E-state index in [0.29, 0.717) is 36.8 Å². The van der Waals surface area contributed by atoms with Crippen LogP contribution in [-0.4, -0.2) is 38.8 Å². The molecule has 0 radical (unpaired) electrons. The first-order chi connectivity index (χ1) is 11.5. The molecule has 2 aromatic heterocycles. The van der Waals surface area contributed by atoms with Gasteiger partial charge in [-0.15, -0.1) is 0 Å². The quantitative estimate of drug-likeness (QED) is 0.842. The first-order valence-corrected chi connectivity index (χ1v) is 10.1. The molecule has 0 aromatic carbocycles. The molecule has 0 saturated carbocycles. The molecule has 8 heteroatoms. The van der Waals surface area contributed by atoms with Crippen LogP contribution in [0.3, 0.4) is 0 Å². The minimum atomic E-state index is -3.52. The van der Waals surface area contributed by atoms with Gasteiger partial charge in [0.1, 0.15) is 4.90 Å². The van der Waals surface area contributed by atoms with Crippen LogP contribution in [0.4, 0.5) is 0 Å². The molecule has 0 bridgehead atoms. The Labute approximate surface area is 142 Å². The Bertz CT molecular complexity index is 881. The van der Waals surface area contributed by atoms with Crippen LogP contribution in [0.5, 0.6) is 0 Å². The number of aromatic nitrogens is 4. The van der Waals surface area contributed by atoms with Crippen molar-refractivity contribution in [2.45, 2.75) is 64.1 Å². The van der Waals surface area contributed by atoms with Crippen LogP contribution in [0.1, 0.15) is 42.4 Å². The van der Waals surface area contributed by atoms with Gasteiger partial charge in [-0.25, -0.2) is 8.42 Å². The molecular weight excluding hydrogens is 326 g/mol. The molecule has 0 saturated heterocycles. The van der Waals surface area contributed by atoms with E-state index in [1.807, 2.05) is 18.5 Å². The number of sulfonamides is 1. The smallest absolute Gasteiger partial charge is 0.246 e. The SMILES string of the molecule is CCn1ncc(S(=O)(=O)N2CCn3nc4c(c3C2)CCCC4)c1C. The first kappa shape index (κ1) is 15.8. The summed E-state index contributed by atoms with van der Waals surface area (Å²) < 4.78 is 31.5. The largest absolute Gasteiger partial charge is 0.269 e. The Morgan fingerprint density at radius 3 is 2.75 bits per heavy atom. The van der Waals surface area contributed by atoms with E-state index in [4.69, 9.17) is 5.10 Å². The van der Waals surface area contributed by atoms with Gasteiger partial charge in [0, 0.05) is 13.1 Å². The third kappa shape index (κ3) is 2.31. The molecule has 3 heterocycles. The molecule has 0 unspecified atom stereocenters. The van der Waals surface area contributed by atoms with Crippen LogP contribution in [0.25, 0.3) is 0 Å². The van der Waals surface area contributed by atoms with E-state index in [2.05, 4.69) is 5.10 Å². The predicted octanol–water partition coefficient (Wildman–Crippen LogP) is 1.49. The Morgan fingerprint density at radius 1 is 1.21 bits per heavy atom. The molecule has 2 aromatic rings. The fourth-order valence-corrected chi connectivity index (χ4v) is 5.38. The van der Waals surface area contributed by atoms with E-state index in [1.165, 1.54) is 30.3 Å². The van der Waals surface area contributed by atoms with Gasteiger partial charge in [-0.05, 0) is 45.1 Å². The molecule has 24 heavy (non-hydrogen) atoms. The maximum absolute atomic E-state index is 13.1. The fourth-order valence-electron chi connectivity index (χ4n) is 3.83. The lowest BCUT2D eigenvalue weighted by atomic mass is 9.96. The average Bonchev–Trinajstić information content (AvgIpc) is 3.14. The molecule has 4 rings (SSSR count). The zero-order valence-corrected chi connectivity index (χ0v) is 15.0. The summed E-state index contributed by atoms with van der Waals surface area (Å²) in [6.45, 7) is 5.96. The molecule has 0 N–H and O–H groups in total. The third-order valence-corrected chi connectivity index (χ3v) is 7.15. The highest BCUT2D eigenvalue weighted by molar-refractivity contribution is 7.89. The first-order valence-electron chi connectivity index (χ1n) is 8.62. The summed E-state index contributed by atoms with van der Waals surface area (Å²) in [6.07, 6.45) is 5.87. The molecule has 0 atom stereocenters. The summed E-state index contributed by atoms with van der Waals surface area (Å²) >= 11 is 0. The van der Waals surface area contributed by atoms with Crippen molar-refractivity contribution >= 4 is 10.0 Å². The second-order valence-corrected chi connectivity index (χ2v) is 8.46. The Morgan fingerprint density at radius 2 is 2.00 bits per heavy atom. The Balaban J connectivity index is 1.68. The van der Waals surface area contributed by atoms with Gasteiger partial charge < -0.3 is 0 Å². The highest BCUT2D eigenvalue weighted by atomic mass is 32.2. The Kier molecular flexibility index (Phi) is 3.76. The van der Waals surface area contributed by atoms with Crippen molar-refractivity contribution in [1.29, 1.82) is 0 Å². The summed E-state index contributed by atoms with van der Waals surface area (Å²) in [7, 11) is -3.52. The number of fused-ring (bicyclic) bond motifs is 3. The van der Waals surface area contributed by atoms with Gasteiger partial charge in [0.2, 0.25) is 10.0 Å². The number of rotatable bonds is 3. The molecule has 0 amide bonds. The second-order valence-electron chi connectivity index (χ2n) is 6.55. The van der Waals surface area contributed by atoms with Crippen molar-refractivity contribution < 1.29 is 8.42 Å². The molecule has 1 aliphatic heterocycles. The van der Waals surface area contributed by atoms with Crippen molar-refractivity contribution in [1.82, 2.24) is 23.9 Å². The molecular formula is C16H23N5O2S. The summed E-state index contributed by atoms with van der Waals surface area (Å²) in [5, 5.41) is 8.89. The van der Waals surface area contributed by atoms with E-state index in [-0.39, 0.29) is 0 Å². The third-order valence-electron chi connectivity index (χ3n) is 5.20. The van der Waals surface area contributed by atoms with Crippen molar-refractivity contribution in [2.24, 2.45) is 0 Å². The standard InChI is InChI=1S/C16H23N5O2S/c1-3-20-12(2)16(10-17-20)24(22,23)19-8-9-21-15(11-19)13-6-4-5-7-14(13)18-21/h10H,3-9,11H2,1-2H3. The lowest BCUT2D eigenvalue weighted by molar-refractivity contribution is 0.325. The molecule has 7 nitrogen and oxygen atoms in total. The summed E-state index contributed by atoms with van der Waals surface area (Å²) in [5.74, 6) is 0. The maximum Gasteiger partial charge on any atom is 0.246 e. The van der Waals surface area contributed by atoms with Crippen LogP contribution >= 0.6 is 0 Å². The molecule has 130 valence electrons. The average molecular weight is 349 g/mol. The lowest BCUT2D eigenvalue weighted by Crippen LogP contribution is -2.38. The number of hydrogen-bond donors (Lipinski definition) is 0. The lowest BCUT2D eigenvalue weighted by Gasteiger charge is -2.27. The zero-order valence-electron chi connectivity index (χ0n) is 14.2. The van der Waals surface area contributed by atoms with Gasteiger partial charge in [-0.3, -0.25) is 9.36 Å². The van der Waals surface area contributed by atoms with Gasteiger partial charge in [0.05, 0.1) is 36.4 Å². The minimum Gasteiger partial charge on any atom is -0.269 e. The van der Waals surface area contributed by atoms with Crippen molar-refractivity contribution in [3.8, 4) is 0 Å². The molecule has 1 aliphatic carbocycles. The predicted molar refractivity (Wildman–Crippen MR) is 89.1 cm³/mol. The van der Waals surface area contributed by atoms with Crippen LogP contribution in [0, 0.1) is 6.92 Å². The summed E-state index contributed by atoms with van der Waals surface area (Å²) in [6, 6.07) is 0. The topological polar surface area (TPSA) is 73.0 Å². The van der Waals surface area contributed by atoms with Crippen LogP contribution < -0.4 is 0 Å². The normalized spacial score (nSPS) is 18.4. The van der Waals surface area contributed by atoms with Gasteiger partial charge in [0.15, 0.2) is 0 Å². The number of hydrogen-bond acceptors (Lipinski definition) is 4. The van der Waals surface area contributed by atoms with Gasteiger partial charge in [-0.1, -0.05) is 0 Å². The zero-order chi connectivity index (χ0) is 16.9. The highest BCUT2D eigenvalue weighted by Crippen LogP contribution is 2.30. The summed E-state index contributed by atoms with van der Waals surface area (Å²) in [5.41, 5.74) is 4.24.